The van der Waals surface area contributed by atoms with Crippen molar-refractivity contribution in [2.75, 3.05) is 20.2 Å². The molecule has 6 nitrogen and oxygen atoms in total. The van der Waals surface area contributed by atoms with Crippen LogP contribution in [-0.2, 0) is 22.5 Å². The summed E-state index contributed by atoms with van der Waals surface area (Å²) in [6.07, 6.45) is 4.35. The summed E-state index contributed by atoms with van der Waals surface area (Å²) in [4.78, 5) is 14.6. The van der Waals surface area contributed by atoms with E-state index in [2.05, 4.69) is 19.7 Å². The summed E-state index contributed by atoms with van der Waals surface area (Å²) >= 11 is 1.61. The number of aryl methyl sites for hydroxylation is 1. The molecule has 0 unspecified atom stereocenters. The average Bonchev–Trinajstić information content (AvgIpc) is 3.33. The fourth-order valence-corrected chi connectivity index (χ4v) is 4.64. The van der Waals surface area contributed by atoms with Gasteiger partial charge in [-0.1, -0.05) is 0 Å². The Morgan fingerprint density at radius 1 is 1.38 bits per heavy atom. The summed E-state index contributed by atoms with van der Waals surface area (Å²) in [5, 5.41) is 12.9. The Bertz CT molecular complexity index is 712. The number of hydrogen-bond donors (Lipinski definition) is 0. The first-order valence-corrected chi connectivity index (χ1v) is 9.48. The van der Waals surface area contributed by atoms with Crippen molar-refractivity contribution in [1.29, 1.82) is 0 Å². The van der Waals surface area contributed by atoms with Crippen LogP contribution < -0.4 is 0 Å². The van der Waals surface area contributed by atoms with Crippen molar-refractivity contribution >= 4 is 17.3 Å². The second-order valence-electron chi connectivity index (χ2n) is 6.55. The van der Waals surface area contributed by atoms with Gasteiger partial charge in [0.25, 0.3) is 0 Å². The third-order valence-corrected chi connectivity index (χ3v) is 5.81. The lowest BCUT2D eigenvalue weighted by molar-refractivity contribution is -0.147. The minimum absolute atomic E-state index is 0.180. The highest BCUT2D eigenvalue weighted by Gasteiger charge is 2.35. The van der Waals surface area contributed by atoms with Crippen LogP contribution in [0.25, 0.3) is 0 Å². The SMILES string of the molecule is COC(=O)[C@H](c1ccsc1)N1CCC[C@@H](c2nnc3n2CCC3)C1. The van der Waals surface area contributed by atoms with Crippen molar-refractivity contribution in [1.82, 2.24) is 19.7 Å². The van der Waals surface area contributed by atoms with Crippen LogP contribution in [0, 0.1) is 0 Å². The van der Waals surface area contributed by atoms with E-state index in [1.165, 1.54) is 7.11 Å². The highest BCUT2D eigenvalue weighted by atomic mass is 32.1. The van der Waals surface area contributed by atoms with Gasteiger partial charge < -0.3 is 9.30 Å². The van der Waals surface area contributed by atoms with Gasteiger partial charge in [-0.25, -0.2) is 4.79 Å². The van der Waals surface area contributed by atoms with Gasteiger partial charge in [-0.2, -0.15) is 11.3 Å². The first-order chi connectivity index (χ1) is 11.8. The smallest absolute Gasteiger partial charge is 0.327 e. The van der Waals surface area contributed by atoms with Gasteiger partial charge in [0, 0.05) is 25.4 Å². The van der Waals surface area contributed by atoms with E-state index in [1.807, 2.05) is 16.8 Å². The van der Waals surface area contributed by atoms with Gasteiger partial charge in [0.1, 0.15) is 17.7 Å². The number of likely N-dealkylation sites (tertiary alicyclic amines) is 1. The Labute approximate surface area is 145 Å². The van der Waals surface area contributed by atoms with E-state index in [-0.39, 0.29) is 12.0 Å². The average molecular weight is 346 g/mol. The monoisotopic (exact) mass is 346 g/mol. The number of piperidine rings is 1. The van der Waals surface area contributed by atoms with Gasteiger partial charge in [0.2, 0.25) is 0 Å². The van der Waals surface area contributed by atoms with E-state index in [0.717, 1.165) is 62.5 Å². The number of esters is 1. The predicted molar refractivity (Wildman–Crippen MR) is 91.0 cm³/mol. The van der Waals surface area contributed by atoms with E-state index in [4.69, 9.17) is 4.74 Å². The summed E-state index contributed by atoms with van der Waals surface area (Å²) in [5.74, 6) is 2.37. The summed E-state index contributed by atoms with van der Waals surface area (Å²) < 4.78 is 7.36. The third kappa shape index (κ3) is 2.75. The van der Waals surface area contributed by atoms with Crippen molar-refractivity contribution in [2.24, 2.45) is 0 Å². The van der Waals surface area contributed by atoms with E-state index < -0.39 is 0 Å². The first kappa shape index (κ1) is 15.8. The largest absolute Gasteiger partial charge is 0.468 e. The van der Waals surface area contributed by atoms with Gasteiger partial charge in [0.05, 0.1) is 7.11 Å². The highest BCUT2D eigenvalue weighted by molar-refractivity contribution is 7.08. The number of thiophene rings is 1. The molecule has 0 aromatic carbocycles. The number of methoxy groups -OCH3 is 1. The number of aromatic nitrogens is 3. The predicted octanol–water partition coefficient (Wildman–Crippen LogP) is 2.38. The van der Waals surface area contributed by atoms with E-state index in [1.54, 1.807) is 11.3 Å². The quantitative estimate of drug-likeness (QED) is 0.796. The molecule has 0 spiro atoms. The number of carbonyl (C=O) groups excluding carboxylic acids is 1. The zero-order valence-corrected chi connectivity index (χ0v) is 14.7. The number of ether oxygens (including phenoxy) is 1. The fourth-order valence-electron chi connectivity index (χ4n) is 3.96. The molecule has 2 aromatic heterocycles. The molecule has 0 bridgehead atoms. The van der Waals surface area contributed by atoms with Crippen molar-refractivity contribution < 1.29 is 9.53 Å². The maximum atomic E-state index is 12.4. The Morgan fingerprint density at radius 2 is 2.29 bits per heavy atom. The number of hydrogen-bond acceptors (Lipinski definition) is 6. The van der Waals surface area contributed by atoms with Crippen LogP contribution in [0.3, 0.4) is 0 Å². The maximum absolute atomic E-state index is 12.4. The van der Waals surface area contributed by atoms with Crippen LogP contribution in [0.1, 0.15) is 48.4 Å². The van der Waals surface area contributed by atoms with Crippen molar-refractivity contribution in [3.63, 3.8) is 0 Å². The van der Waals surface area contributed by atoms with Crippen LogP contribution in [-0.4, -0.2) is 45.8 Å². The lowest BCUT2D eigenvalue weighted by atomic mass is 9.94. The Hall–Kier alpha value is -1.73. The summed E-state index contributed by atoms with van der Waals surface area (Å²) in [5.41, 5.74) is 1.03. The number of fused-ring (bicyclic) bond motifs is 1. The number of nitrogens with zero attached hydrogens (tertiary/aromatic N) is 4. The summed E-state index contributed by atoms with van der Waals surface area (Å²) in [7, 11) is 1.47. The molecule has 1 fully saturated rings. The Kier molecular flexibility index (Phi) is 4.37. The van der Waals surface area contributed by atoms with Crippen molar-refractivity contribution in [2.45, 2.75) is 44.2 Å². The van der Waals surface area contributed by atoms with Crippen LogP contribution >= 0.6 is 11.3 Å². The molecule has 7 heteroatoms. The molecule has 0 amide bonds. The second-order valence-corrected chi connectivity index (χ2v) is 7.33. The molecule has 0 N–H and O–H groups in total. The molecule has 128 valence electrons. The van der Waals surface area contributed by atoms with Gasteiger partial charge >= 0.3 is 5.97 Å². The van der Waals surface area contributed by atoms with Crippen LogP contribution in [0.2, 0.25) is 0 Å². The van der Waals surface area contributed by atoms with Gasteiger partial charge in [-0.3, -0.25) is 4.90 Å². The zero-order valence-electron chi connectivity index (χ0n) is 13.9. The van der Waals surface area contributed by atoms with Crippen LogP contribution in [0.4, 0.5) is 0 Å². The molecule has 2 aliphatic heterocycles. The van der Waals surface area contributed by atoms with Crippen LogP contribution in [0.15, 0.2) is 16.8 Å². The van der Waals surface area contributed by atoms with E-state index >= 15 is 0 Å². The summed E-state index contributed by atoms with van der Waals surface area (Å²) in [6, 6.07) is 1.70. The normalized spacial score (nSPS) is 22.3. The minimum Gasteiger partial charge on any atom is -0.468 e. The maximum Gasteiger partial charge on any atom is 0.327 e. The molecule has 2 atom stereocenters. The highest BCUT2D eigenvalue weighted by Crippen LogP contribution is 2.34. The fraction of sp³-hybridized carbons (Fsp3) is 0.588. The van der Waals surface area contributed by atoms with Crippen LogP contribution in [0.5, 0.6) is 0 Å². The molecular weight excluding hydrogens is 324 g/mol. The Morgan fingerprint density at radius 3 is 3.08 bits per heavy atom. The molecule has 4 rings (SSSR count). The number of carbonyl (C=O) groups is 1. The van der Waals surface area contributed by atoms with Crippen molar-refractivity contribution in [3.05, 3.63) is 34.0 Å². The standard InChI is InChI=1S/C17H22N4O2S/c1-23-17(22)15(13-6-9-24-11-13)20-7-2-4-12(10-20)16-19-18-14-5-3-8-21(14)16/h6,9,11-12,15H,2-5,7-8,10H2,1H3/t12-,15+/m1/s1. The molecule has 1 saturated heterocycles. The molecule has 24 heavy (non-hydrogen) atoms. The minimum atomic E-state index is -0.315. The van der Waals surface area contributed by atoms with Gasteiger partial charge in [0.15, 0.2) is 0 Å². The first-order valence-electron chi connectivity index (χ1n) is 8.54. The van der Waals surface area contributed by atoms with Gasteiger partial charge in [-0.05, 0) is 48.2 Å². The van der Waals surface area contributed by atoms with Gasteiger partial charge in [-0.15, -0.1) is 10.2 Å². The lowest BCUT2D eigenvalue weighted by Gasteiger charge is -2.36. The molecule has 2 aromatic rings. The molecule has 4 heterocycles. The molecule has 0 aliphatic carbocycles. The number of rotatable bonds is 4. The zero-order chi connectivity index (χ0) is 16.5. The Balaban J connectivity index is 1.58. The molecule has 0 radical (unpaired) electrons. The lowest BCUT2D eigenvalue weighted by Crippen LogP contribution is -2.41. The second kappa shape index (κ2) is 6.64. The summed E-state index contributed by atoms with van der Waals surface area (Å²) in [6.45, 7) is 2.76. The van der Waals surface area contributed by atoms with E-state index in [9.17, 15) is 4.79 Å². The molecule has 2 aliphatic rings. The van der Waals surface area contributed by atoms with E-state index in [0.29, 0.717) is 5.92 Å². The topological polar surface area (TPSA) is 60.2 Å². The molecular formula is C17H22N4O2S. The van der Waals surface area contributed by atoms with Crippen molar-refractivity contribution in [3.8, 4) is 0 Å². The molecule has 0 saturated carbocycles. The third-order valence-electron chi connectivity index (χ3n) is 5.10.